The summed E-state index contributed by atoms with van der Waals surface area (Å²) < 4.78 is 18.9. The van der Waals surface area contributed by atoms with Crippen LogP contribution in [0, 0.1) is 12.7 Å². The normalized spacial score (nSPS) is 14.2. The second kappa shape index (κ2) is 7.01. The molecule has 2 aromatic carbocycles. The van der Waals surface area contributed by atoms with E-state index in [2.05, 4.69) is 0 Å². The number of benzene rings is 2. The van der Waals surface area contributed by atoms with E-state index in [-0.39, 0.29) is 11.6 Å². The maximum Gasteiger partial charge on any atom is 0.125 e. The minimum atomic E-state index is -0.385. The van der Waals surface area contributed by atoms with Crippen LogP contribution >= 0.6 is 0 Å². The van der Waals surface area contributed by atoms with Crippen molar-refractivity contribution in [1.82, 2.24) is 0 Å². The highest BCUT2D eigenvalue weighted by atomic mass is 19.1. The lowest BCUT2D eigenvalue weighted by atomic mass is 9.88. The van der Waals surface area contributed by atoms with Crippen LogP contribution in [0.1, 0.15) is 36.0 Å². The molecule has 0 saturated heterocycles. The minimum absolute atomic E-state index is 0.271. The Labute approximate surface area is 147 Å². The van der Waals surface area contributed by atoms with Crippen LogP contribution in [0.3, 0.4) is 0 Å². The maximum absolute atomic E-state index is 13.5. The van der Waals surface area contributed by atoms with Gasteiger partial charge in [-0.25, -0.2) is 4.39 Å². The summed E-state index contributed by atoms with van der Waals surface area (Å²) in [6.07, 6.45) is 4.65. The van der Waals surface area contributed by atoms with Crippen molar-refractivity contribution in [2.24, 2.45) is 0 Å². The van der Waals surface area contributed by atoms with Gasteiger partial charge in [-0.05, 0) is 78.8 Å². The Bertz CT molecular complexity index is 862. The molecule has 2 aromatic rings. The average molecular weight is 339 g/mol. The van der Waals surface area contributed by atoms with Gasteiger partial charge >= 0.3 is 0 Å². The number of nitrogen functional groups attached to an aromatic ring is 1. The van der Waals surface area contributed by atoms with Crippen molar-refractivity contribution < 1.29 is 14.2 Å². The summed E-state index contributed by atoms with van der Waals surface area (Å²) in [6.45, 7) is 1.95. The molecule has 1 aliphatic carbocycles. The van der Waals surface area contributed by atoms with Crippen LogP contribution in [-0.4, -0.2) is 12.2 Å². The molecule has 3 N–H and O–H groups in total. The number of allylic oxidation sites excluding steroid dienone is 2. The fraction of sp³-hybridized carbons (Fsp3) is 0.238. The highest BCUT2D eigenvalue weighted by molar-refractivity contribution is 5.88. The molecule has 25 heavy (non-hydrogen) atoms. The third-order valence-electron chi connectivity index (χ3n) is 4.70. The molecule has 0 bridgehead atoms. The molecule has 1 aliphatic rings. The number of rotatable bonds is 4. The van der Waals surface area contributed by atoms with Gasteiger partial charge in [0.05, 0.1) is 7.11 Å². The summed E-state index contributed by atoms with van der Waals surface area (Å²) in [5.41, 5.74) is 10.7. The molecule has 0 amide bonds. The van der Waals surface area contributed by atoms with E-state index < -0.39 is 0 Å². The lowest BCUT2D eigenvalue weighted by molar-refractivity contribution is 0.407. The van der Waals surface area contributed by atoms with Gasteiger partial charge in [0, 0.05) is 11.3 Å². The molecular weight excluding hydrogens is 317 g/mol. The van der Waals surface area contributed by atoms with Gasteiger partial charge in [-0.2, -0.15) is 0 Å². The summed E-state index contributed by atoms with van der Waals surface area (Å²) in [5.74, 6) is 0.636. The van der Waals surface area contributed by atoms with Crippen molar-refractivity contribution in [3.63, 3.8) is 0 Å². The molecule has 130 valence electrons. The van der Waals surface area contributed by atoms with Crippen LogP contribution in [0.15, 0.2) is 53.8 Å². The van der Waals surface area contributed by atoms with Gasteiger partial charge < -0.3 is 15.6 Å². The highest BCUT2D eigenvalue weighted by Gasteiger charge is 2.17. The van der Waals surface area contributed by atoms with Crippen LogP contribution in [0.4, 0.5) is 10.1 Å². The second-order valence-corrected chi connectivity index (χ2v) is 6.26. The molecule has 1 saturated carbocycles. The van der Waals surface area contributed by atoms with Gasteiger partial charge in [-0.3, -0.25) is 0 Å². The Balaban J connectivity index is 2.21. The monoisotopic (exact) mass is 339 g/mol. The lowest BCUT2D eigenvalue weighted by Gasteiger charge is -2.19. The zero-order valence-corrected chi connectivity index (χ0v) is 14.5. The van der Waals surface area contributed by atoms with Crippen LogP contribution in [-0.2, 0) is 0 Å². The minimum Gasteiger partial charge on any atom is -0.508 e. The predicted octanol–water partition coefficient (Wildman–Crippen LogP) is 5.15. The number of aliphatic hydroxyl groups excluding tert-OH is 1. The van der Waals surface area contributed by atoms with Crippen molar-refractivity contribution in [3.05, 3.63) is 76.3 Å². The third kappa shape index (κ3) is 3.38. The van der Waals surface area contributed by atoms with E-state index in [1.165, 1.54) is 12.1 Å². The summed E-state index contributed by atoms with van der Waals surface area (Å²) in [6, 6.07) is 10.0. The molecule has 0 unspecified atom stereocenters. The number of hydrogen-bond donors (Lipinski definition) is 2. The number of nitrogens with two attached hydrogens (primary N) is 1. The number of ether oxygens (including phenoxy) is 1. The Morgan fingerprint density at radius 1 is 1.20 bits per heavy atom. The van der Waals surface area contributed by atoms with E-state index in [0.29, 0.717) is 11.3 Å². The molecule has 0 heterocycles. The molecule has 4 heteroatoms. The number of methoxy groups -OCH3 is 1. The maximum atomic E-state index is 13.5. The first-order chi connectivity index (χ1) is 12.0. The molecule has 0 spiro atoms. The third-order valence-corrected chi connectivity index (χ3v) is 4.70. The molecule has 3 rings (SSSR count). The highest BCUT2D eigenvalue weighted by Crippen LogP contribution is 2.36. The van der Waals surface area contributed by atoms with Crippen molar-refractivity contribution in [2.45, 2.75) is 26.2 Å². The van der Waals surface area contributed by atoms with Crippen LogP contribution in [0.5, 0.6) is 5.75 Å². The first kappa shape index (κ1) is 17.1. The molecule has 3 nitrogen and oxygen atoms in total. The Kier molecular flexibility index (Phi) is 4.79. The number of anilines is 1. The largest absolute Gasteiger partial charge is 0.508 e. The van der Waals surface area contributed by atoms with Crippen molar-refractivity contribution >= 4 is 11.3 Å². The predicted molar refractivity (Wildman–Crippen MR) is 99.1 cm³/mol. The first-order valence-electron chi connectivity index (χ1n) is 8.33. The Morgan fingerprint density at radius 2 is 1.96 bits per heavy atom. The molecule has 1 fully saturated rings. The zero-order valence-electron chi connectivity index (χ0n) is 14.5. The smallest absolute Gasteiger partial charge is 0.125 e. The Morgan fingerprint density at radius 3 is 2.56 bits per heavy atom. The molecular formula is C21H22FNO2. The van der Waals surface area contributed by atoms with Crippen molar-refractivity contribution in [3.8, 4) is 5.75 Å². The lowest BCUT2D eigenvalue weighted by Crippen LogP contribution is -2.03. The van der Waals surface area contributed by atoms with Gasteiger partial charge in [0.2, 0.25) is 0 Å². The van der Waals surface area contributed by atoms with E-state index in [0.717, 1.165) is 47.3 Å². The van der Waals surface area contributed by atoms with Crippen molar-refractivity contribution in [1.29, 1.82) is 0 Å². The average Bonchev–Trinajstić information content (AvgIpc) is 2.52. The van der Waals surface area contributed by atoms with Gasteiger partial charge in [-0.1, -0.05) is 12.1 Å². The van der Waals surface area contributed by atoms with E-state index >= 15 is 0 Å². The van der Waals surface area contributed by atoms with E-state index in [1.54, 1.807) is 19.3 Å². The number of hydrogen-bond acceptors (Lipinski definition) is 3. The SMILES string of the molecule is COc1cccc(/C(=C\C(O)=C2CCC2)c2ccc(F)cc2N)c1C. The van der Waals surface area contributed by atoms with Gasteiger partial charge in [0.1, 0.15) is 17.3 Å². The summed E-state index contributed by atoms with van der Waals surface area (Å²) in [4.78, 5) is 0. The fourth-order valence-electron chi connectivity index (χ4n) is 3.06. The van der Waals surface area contributed by atoms with E-state index in [9.17, 15) is 9.50 Å². The van der Waals surface area contributed by atoms with Crippen LogP contribution in [0.25, 0.3) is 5.57 Å². The molecule has 0 radical (unpaired) electrons. The fourth-order valence-corrected chi connectivity index (χ4v) is 3.06. The standard InChI is InChI=1S/C21H22FNO2/c1-13-16(7-4-8-21(13)25-2)18(12-20(24)14-5-3-6-14)17-10-9-15(22)11-19(17)23/h4,7-12,24H,3,5-6,23H2,1-2H3/b18-12+. The molecule has 0 aromatic heterocycles. The van der Waals surface area contributed by atoms with E-state index in [1.807, 2.05) is 25.1 Å². The topological polar surface area (TPSA) is 55.5 Å². The molecule has 0 atom stereocenters. The first-order valence-corrected chi connectivity index (χ1v) is 8.33. The number of aliphatic hydroxyl groups is 1. The number of halogens is 1. The summed E-state index contributed by atoms with van der Waals surface area (Å²) >= 11 is 0. The second-order valence-electron chi connectivity index (χ2n) is 6.26. The summed E-state index contributed by atoms with van der Waals surface area (Å²) in [5, 5.41) is 10.5. The van der Waals surface area contributed by atoms with Crippen molar-refractivity contribution in [2.75, 3.05) is 12.8 Å². The van der Waals surface area contributed by atoms with Gasteiger partial charge in [0.25, 0.3) is 0 Å². The van der Waals surface area contributed by atoms with Gasteiger partial charge in [-0.15, -0.1) is 0 Å². The van der Waals surface area contributed by atoms with Gasteiger partial charge in [0.15, 0.2) is 0 Å². The summed E-state index contributed by atoms with van der Waals surface area (Å²) in [7, 11) is 1.62. The van der Waals surface area contributed by atoms with Crippen LogP contribution in [0.2, 0.25) is 0 Å². The van der Waals surface area contributed by atoms with Crippen LogP contribution < -0.4 is 10.5 Å². The zero-order chi connectivity index (χ0) is 18.0. The Hall–Kier alpha value is -2.75. The van der Waals surface area contributed by atoms with E-state index in [4.69, 9.17) is 10.5 Å². The quantitative estimate of drug-likeness (QED) is 0.598. The molecule has 0 aliphatic heterocycles.